The van der Waals surface area contributed by atoms with Crippen LogP contribution in [0.4, 0.5) is 5.69 Å². The fraction of sp³-hybridized carbons (Fsp3) is 0.217. The molecule has 0 unspecified atom stereocenters. The fourth-order valence-corrected chi connectivity index (χ4v) is 3.60. The number of hydrogen-bond acceptors (Lipinski definition) is 3. The first-order valence-electron chi connectivity index (χ1n) is 9.18. The van der Waals surface area contributed by atoms with E-state index in [4.69, 9.17) is 21.1 Å². The summed E-state index contributed by atoms with van der Waals surface area (Å²) in [6.07, 6.45) is 0. The van der Waals surface area contributed by atoms with E-state index >= 15 is 0 Å². The third-order valence-corrected chi connectivity index (χ3v) is 5.01. The Morgan fingerprint density at radius 1 is 0.964 bits per heavy atom. The smallest absolute Gasteiger partial charge is 0.175 e. The molecule has 0 atom stereocenters. The van der Waals surface area contributed by atoms with Gasteiger partial charge in [0, 0.05) is 17.3 Å². The molecule has 3 aromatic rings. The number of benzene rings is 3. The summed E-state index contributed by atoms with van der Waals surface area (Å²) in [5, 5.41) is 4.13. The maximum atomic E-state index is 6.06. The summed E-state index contributed by atoms with van der Waals surface area (Å²) in [6, 6.07) is 20.1. The quantitative estimate of drug-likeness (QED) is 0.392. The first-order chi connectivity index (χ1) is 13.5. The lowest BCUT2D eigenvalue weighted by Gasteiger charge is -2.16. The van der Waals surface area contributed by atoms with Gasteiger partial charge < -0.3 is 14.8 Å². The third kappa shape index (κ3) is 5.66. The van der Waals surface area contributed by atoms with Gasteiger partial charge in [0.1, 0.15) is 6.61 Å². The van der Waals surface area contributed by atoms with Crippen LogP contribution in [0.5, 0.6) is 11.5 Å². The standard InChI is InChI=1S/C23H23BrClNO2/c1-3-27-22-13-18(14-26-20-9-7-16(2)8-10-20)12-21(24)23(22)28-15-17-5-4-6-19(25)11-17/h4-13,26H,3,14-15H2,1-2H3. The van der Waals surface area contributed by atoms with Crippen molar-refractivity contribution >= 4 is 33.2 Å². The SMILES string of the molecule is CCOc1cc(CNc2ccc(C)cc2)cc(Br)c1OCc1cccc(Cl)c1. The van der Waals surface area contributed by atoms with Crippen molar-refractivity contribution in [3.63, 3.8) is 0 Å². The van der Waals surface area contributed by atoms with Crippen molar-refractivity contribution in [3.8, 4) is 11.5 Å². The number of aryl methyl sites for hydroxylation is 1. The van der Waals surface area contributed by atoms with Gasteiger partial charge in [0.2, 0.25) is 0 Å². The summed E-state index contributed by atoms with van der Waals surface area (Å²) < 4.78 is 12.7. The molecule has 3 rings (SSSR count). The van der Waals surface area contributed by atoms with Crippen molar-refractivity contribution in [1.29, 1.82) is 0 Å². The Hall–Kier alpha value is -2.17. The second-order valence-electron chi connectivity index (χ2n) is 6.48. The van der Waals surface area contributed by atoms with Crippen molar-refractivity contribution in [2.45, 2.75) is 27.0 Å². The summed E-state index contributed by atoms with van der Waals surface area (Å²) >= 11 is 9.69. The van der Waals surface area contributed by atoms with E-state index in [2.05, 4.69) is 58.5 Å². The number of anilines is 1. The van der Waals surface area contributed by atoms with E-state index in [1.807, 2.05) is 37.3 Å². The summed E-state index contributed by atoms with van der Waals surface area (Å²) in [5.74, 6) is 1.42. The Morgan fingerprint density at radius 2 is 1.75 bits per heavy atom. The highest BCUT2D eigenvalue weighted by Gasteiger charge is 2.13. The molecule has 0 radical (unpaired) electrons. The molecule has 1 N–H and O–H groups in total. The van der Waals surface area contributed by atoms with Crippen LogP contribution >= 0.6 is 27.5 Å². The van der Waals surface area contributed by atoms with Gasteiger partial charge >= 0.3 is 0 Å². The molecule has 3 aromatic carbocycles. The molecule has 0 heterocycles. The number of ether oxygens (including phenoxy) is 2. The van der Waals surface area contributed by atoms with E-state index in [-0.39, 0.29) is 0 Å². The number of halogens is 2. The zero-order valence-electron chi connectivity index (χ0n) is 16.0. The molecular formula is C23H23BrClNO2. The van der Waals surface area contributed by atoms with Crippen LogP contribution in [0, 0.1) is 6.92 Å². The van der Waals surface area contributed by atoms with Gasteiger partial charge in [-0.25, -0.2) is 0 Å². The van der Waals surface area contributed by atoms with Crippen molar-refractivity contribution in [2.24, 2.45) is 0 Å². The molecular weight excluding hydrogens is 438 g/mol. The second kappa shape index (κ2) is 9.85. The van der Waals surface area contributed by atoms with Gasteiger partial charge in [0.15, 0.2) is 11.5 Å². The van der Waals surface area contributed by atoms with Gasteiger partial charge in [0.25, 0.3) is 0 Å². The molecule has 0 aliphatic rings. The summed E-state index contributed by atoms with van der Waals surface area (Å²) in [5.41, 5.74) is 4.44. The Balaban J connectivity index is 1.74. The molecule has 0 bridgehead atoms. The molecule has 28 heavy (non-hydrogen) atoms. The van der Waals surface area contributed by atoms with Crippen LogP contribution < -0.4 is 14.8 Å². The molecule has 146 valence electrons. The van der Waals surface area contributed by atoms with Gasteiger partial charge in [-0.2, -0.15) is 0 Å². The monoisotopic (exact) mass is 459 g/mol. The average molecular weight is 461 g/mol. The first kappa shape index (κ1) is 20.6. The van der Waals surface area contributed by atoms with Gasteiger partial charge in [0.05, 0.1) is 11.1 Å². The summed E-state index contributed by atoms with van der Waals surface area (Å²) in [7, 11) is 0. The van der Waals surface area contributed by atoms with Crippen LogP contribution in [0.15, 0.2) is 65.1 Å². The van der Waals surface area contributed by atoms with E-state index in [1.54, 1.807) is 0 Å². The zero-order valence-corrected chi connectivity index (χ0v) is 18.3. The molecule has 0 aliphatic carbocycles. The molecule has 3 nitrogen and oxygen atoms in total. The number of nitrogens with one attached hydrogen (secondary N) is 1. The topological polar surface area (TPSA) is 30.5 Å². The van der Waals surface area contributed by atoms with Crippen molar-refractivity contribution in [1.82, 2.24) is 0 Å². The maximum Gasteiger partial charge on any atom is 0.175 e. The van der Waals surface area contributed by atoms with Gasteiger partial charge in [-0.15, -0.1) is 0 Å². The van der Waals surface area contributed by atoms with Crippen LogP contribution in [-0.4, -0.2) is 6.61 Å². The van der Waals surface area contributed by atoms with Crippen LogP contribution in [0.3, 0.4) is 0 Å². The largest absolute Gasteiger partial charge is 0.490 e. The predicted molar refractivity (Wildman–Crippen MR) is 120 cm³/mol. The molecule has 0 aliphatic heterocycles. The molecule has 0 amide bonds. The lowest BCUT2D eigenvalue weighted by Crippen LogP contribution is -2.04. The summed E-state index contributed by atoms with van der Waals surface area (Å²) in [4.78, 5) is 0. The highest BCUT2D eigenvalue weighted by atomic mass is 79.9. The molecule has 0 saturated heterocycles. The molecule has 0 saturated carbocycles. The normalized spacial score (nSPS) is 10.6. The van der Waals surface area contributed by atoms with E-state index in [0.29, 0.717) is 30.5 Å². The van der Waals surface area contributed by atoms with Crippen molar-refractivity contribution < 1.29 is 9.47 Å². The minimum atomic E-state index is 0.417. The Morgan fingerprint density at radius 3 is 2.46 bits per heavy atom. The molecule has 0 fully saturated rings. The second-order valence-corrected chi connectivity index (χ2v) is 7.77. The van der Waals surface area contributed by atoms with Gasteiger partial charge in [-0.3, -0.25) is 0 Å². The Kier molecular flexibility index (Phi) is 7.24. The maximum absolute atomic E-state index is 6.06. The lowest BCUT2D eigenvalue weighted by molar-refractivity contribution is 0.267. The highest BCUT2D eigenvalue weighted by Crippen LogP contribution is 2.37. The van der Waals surface area contributed by atoms with Crippen molar-refractivity contribution in [3.05, 3.63) is 86.8 Å². The van der Waals surface area contributed by atoms with Gasteiger partial charge in [-0.1, -0.05) is 41.4 Å². The molecule has 5 heteroatoms. The minimum absolute atomic E-state index is 0.417. The van der Waals surface area contributed by atoms with E-state index in [9.17, 15) is 0 Å². The number of rotatable bonds is 8. The van der Waals surface area contributed by atoms with E-state index in [0.717, 1.165) is 27.0 Å². The predicted octanol–water partition coefficient (Wildman–Crippen LogP) is 7.00. The molecule has 0 spiro atoms. The fourth-order valence-electron chi connectivity index (χ4n) is 2.78. The minimum Gasteiger partial charge on any atom is -0.490 e. The van der Waals surface area contributed by atoms with Crippen LogP contribution in [0.2, 0.25) is 5.02 Å². The van der Waals surface area contributed by atoms with E-state index < -0.39 is 0 Å². The first-order valence-corrected chi connectivity index (χ1v) is 10.3. The van der Waals surface area contributed by atoms with Crippen LogP contribution in [0.1, 0.15) is 23.6 Å². The Bertz CT molecular complexity index is 928. The van der Waals surface area contributed by atoms with E-state index in [1.165, 1.54) is 5.56 Å². The van der Waals surface area contributed by atoms with Gasteiger partial charge in [-0.05, 0) is 77.3 Å². The average Bonchev–Trinajstić information content (AvgIpc) is 2.67. The summed E-state index contributed by atoms with van der Waals surface area (Å²) in [6.45, 7) is 5.72. The van der Waals surface area contributed by atoms with Crippen LogP contribution in [-0.2, 0) is 13.2 Å². The Labute approximate surface area is 179 Å². The van der Waals surface area contributed by atoms with Crippen molar-refractivity contribution in [2.75, 3.05) is 11.9 Å². The van der Waals surface area contributed by atoms with Crippen LogP contribution in [0.25, 0.3) is 0 Å². The molecule has 0 aromatic heterocycles. The zero-order chi connectivity index (χ0) is 19.9. The lowest BCUT2D eigenvalue weighted by atomic mass is 10.1. The number of hydrogen-bond donors (Lipinski definition) is 1. The third-order valence-electron chi connectivity index (χ3n) is 4.19. The highest BCUT2D eigenvalue weighted by molar-refractivity contribution is 9.10.